The standard InChI is InChI=1S/C20H26N4O4/c1-13-17(19(26)27-4)11-16(28-13)12-24-20(22-3)23-9-8-14-6-5-7-15(10-14)18(25)21-2/h5-7,10-11H,8-9,12H2,1-4H3,(H,21,25)(H2,22,23,24). The number of furan rings is 1. The van der Waals surface area contributed by atoms with E-state index in [4.69, 9.17) is 9.15 Å². The lowest BCUT2D eigenvalue weighted by molar-refractivity contribution is 0.0598. The minimum atomic E-state index is -0.422. The van der Waals surface area contributed by atoms with Crippen LogP contribution in [0.4, 0.5) is 0 Å². The van der Waals surface area contributed by atoms with Gasteiger partial charge in [-0.3, -0.25) is 9.79 Å². The monoisotopic (exact) mass is 386 g/mol. The van der Waals surface area contributed by atoms with E-state index in [-0.39, 0.29) is 5.91 Å². The Morgan fingerprint density at radius 3 is 2.68 bits per heavy atom. The number of guanidine groups is 1. The smallest absolute Gasteiger partial charge is 0.341 e. The summed E-state index contributed by atoms with van der Waals surface area (Å²) in [5, 5.41) is 8.97. The molecule has 3 N–H and O–H groups in total. The maximum Gasteiger partial charge on any atom is 0.341 e. The van der Waals surface area contributed by atoms with Crippen LogP contribution in [0.3, 0.4) is 0 Å². The predicted octanol–water partition coefficient (Wildman–Crippen LogP) is 1.64. The van der Waals surface area contributed by atoms with Crippen LogP contribution in [-0.2, 0) is 17.7 Å². The van der Waals surface area contributed by atoms with E-state index in [1.807, 2.05) is 18.2 Å². The minimum Gasteiger partial charge on any atom is -0.465 e. The van der Waals surface area contributed by atoms with Crippen molar-refractivity contribution in [3.8, 4) is 0 Å². The largest absolute Gasteiger partial charge is 0.465 e. The Balaban J connectivity index is 1.85. The summed E-state index contributed by atoms with van der Waals surface area (Å²) in [5.41, 5.74) is 2.10. The van der Waals surface area contributed by atoms with Gasteiger partial charge < -0.3 is 25.1 Å². The van der Waals surface area contributed by atoms with Gasteiger partial charge in [-0.2, -0.15) is 0 Å². The highest BCUT2D eigenvalue weighted by molar-refractivity contribution is 5.94. The first-order valence-electron chi connectivity index (χ1n) is 8.91. The van der Waals surface area contributed by atoms with E-state index < -0.39 is 5.97 Å². The van der Waals surface area contributed by atoms with Crippen molar-refractivity contribution < 1.29 is 18.7 Å². The van der Waals surface area contributed by atoms with Gasteiger partial charge in [0.05, 0.1) is 13.7 Å². The van der Waals surface area contributed by atoms with Crippen LogP contribution in [-0.4, -0.2) is 45.6 Å². The molecule has 0 radical (unpaired) electrons. The summed E-state index contributed by atoms with van der Waals surface area (Å²) in [4.78, 5) is 27.5. The molecule has 1 heterocycles. The summed E-state index contributed by atoms with van der Waals surface area (Å²) in [5.74, 6) is 1.21. The molecule has 1 aromatic heterocycles. The van der Waals surface area contributed by atoms with Crippen LogP contribution in [0.15, 0.2) is 39.7 Å². The number of methoxy groups -OCH3 is 1. The maximum atomic E-state index is 11.7. The lowest BCUT2D eigenvalue weighted by Gasteiger charge is -2.11. The first kappa shape index (κ1) is 21.0. The van der Waals surface area contributed by atoms with Gasteiger partial charge in [0.15, 0.2) is 5.96 Å². The molecule has 2 aromatic rings. The van der Waals surface area contributed by atoms with Gasteiger partial charge in [0.25, 0.3) is 5.91 Å². The number of hydrogen-bond donors (Lipinski definition) is 3. The minimum absolute atomic E-state index is 0.104. The summed E-state index contributed by atoms with van der Waals surface area (Å²) in [6, 6.07) is 9.15. The highest BCUT2D eigenvalue weighted by Crippen LogP contribution is 2.15. The molecule has 1 amide bonds. The first-order chi connectivity index (χ1) is 13.5. The molecule has 0 spiro atoms. The third-order valence-corrected chi connectivity index (χ3v) is 4.15. The lowest BCUT2D eigenvalue weighted by atomic mass is 10.1. The van der Waals surface area contributed by atoms with Gasteiger partial charge in [-0.1, -0.05) is 12.1 Å². The van der Waals surface area contributed by atoms with Crippen molar-refractivity contribution in [3.05, 3.63) is 58.5 Å². The Morgan fingerprint density at radius 2 is 2.00 bits per heavy atom. The zero-order valence-electron chi connectivity index (χ0n) is 16.6. The summed E-state index contributed by atoms with van der Waals surface area (Å²) >= 11 is 0. The Morgan fingerprint density at radius 1 is 1.21 bits per heavy atom. The fourth-order valence-electron chi connectivity index (χ4n) is 2.67. The van der Waals surface area contributed by atoms with Crippen molar-refractivity contribution in [1.29, 1.82) is 0 Å². The molecule has 0 bridgehead atoms. The molecule has 1 aromatic carbocycles. The molecule has 0 aliphatic rings. The molecular weight excluding hydrogens is 360 g/mol. The SMILES string of the molecule is CN=C(NCCc1cccc(C(=O)NC)c1)NCc1cc(C(=O)OC)c(C)o1. The molecule has 0 saturated heterocycles. The van der Waals surface area contributed by atoms with Gasteiger partial charge in [0.2, 0.25) is 0 Å². The number of esters is 1. The molecule has 0 aliphatic carbocycles. The highest BCUT2D eigenvalue weighted by Gasteiger charge is 2.15. The molecule has 0 aliphatic heterocycles. The maximum absolute atomic E-state index is 11.7. The molecule has 0 fully saturated rings. The van der Waals surface area contributed by atoms with Gasteiger partial charge in [0.1, 0.15) is 17.1 Å². The number of carbonyl (C=O) groups is 2. The third kappa shape index (κ3) is 5.60. The number of carbonyl (C=O) groups excluding carboxylic acids is 2. The molecule has 28 heavy (non-hydrogen) atoms. The second-order valence-corrected chi connectivity index (χ2v) is 6.06. The number of nitrogens with one attached hydrogen (secondary N) is 3. The van der Waals surface area contributed by atoms with Crippen LogP contribution in [0, 0.1) is 6.92 Å². The van der Waals surface area contributed by atoms with E-state index in [0.717, 1.165) is 12.0 Å². The first-order valence-corrected chi connectivity index (χ1v) is 8.91. The van der Waals surface area contributed by atoms with Crippen molar-refractivity contribution in [3.63, 3.8) is 0 Å². The average Bonchev–Trinajstić information content (AvgIpc) is 3.10. The number of rotatable bonds is 7. The number of hydrogen-bond acceptors (Lipinski definition) is 5. The van der Waals surface area contributed by atoms with E-state index in [1.165, 1.54) is 7.11 Å². The fraction of sp³-hybridized carbons (Fsp3) is 0.350. The topological polar surface area (TPSA) is 105 Å². The van der Waals surface area contributed by atoms with Crippen molar-refractivity contribution in [2.24, 2.45) is 4.99 Å². The Labute approximate surface area is 164 Å². The second-order valence-electron chi connectivity index (χ2n) is 6.06. The number of aliphatic imine (C=N–C) groups is 1. The Bertz CT molecular complexity index is 858. The van der Waals surface area contributed by atoms with Crippen molar-refractivity contribution in [1.82, 2.24) is 16.0 Å². The molecule has 0 saturated carbocycles. The Kier molecular flexibility index (Phi) is 7.62. The van der Waals surface area contributed by atoms with Crippen molar-refractivity contribution in [2.45, 2.75) is 19.9 Å². The molecule has 0 unspecified atom stereocenters. The molecule has 150 valence electrons. The van der Waals surface area contributed by atoms with Crippen LogP contribution < -0.4 is 16.0 Å². The quantitative estimate of drug-likeness (QED) is 0.380. The molecule has 8 heteroatoms. The molecule has 2 rings (SSSR count). The molecular formula is C20H26N4O4. The average molecular weight is 386 g/mol. The summed E-state index contributed by atoms with van der Waals surface area (Å²) in [6.07, 6.45) is 0.734. The number of ether oxygens (including phenoxy) is 1. The van der Waals surface area contributed by atoms with Crippen molar-refractivity contribution >= 4 is 17.8 Å². The fourth-order valence-corrected chi connectivity index (χ4v) is 2.67. The van der Waals surface area contributed by atoms with Crippen molar-refractivity contribution in [2.75, 3.05) is 27.7 Å². The lowest BCUT2D eigenvalue weighted by Crippen LogP contribution is -2.37. The summed E-state index contributed by atoms with van der Waals surface area (Å²) in [6.45, 7) is 2.74. The van der Waals surface area contributed by atoms with Gasteiger partial charge in [-0.05, 0) is 37.1 Å². The van der Waals surface area contributed by atoms with E-state index in [0.29, 0.717) is 41.7 Å². The molecule has 8 nitrogen and oxygen atoms in total. The number of amides is 1. The van der Waals surface area contributed by atoms with Gasteiger partial charge in [0, 0.05) is 26.2 Å². The normalized spacial score (nSPS) is 11.1. The summed E-state index contributed by atoms with van der Waals surface area (Å²) in [7, 11) is 4.62. The third-order valence-electron chi connectivity index (χ3n) is 4.15. The zero-order chi connectivity index (χ0) is 20.5. The van der Waals surface area contributed by atoms with Crippen LogP contribution in [0.1, 0.15) is 37.8 Å². The number of aryl methyl sites for hydroxylation is 1. The predicted molar refractivity (Wildman–Crippen MR) is 107 cm³/mol. The van der Waals surface area contributed by atoms with Gasteiger partial charge in [-0.15, -0.1) is 0 Å². The second kappa shape index (κ2) is 10.1. The van der Waals surface area contributed by atoms with E-state index in [9.17, 15) is 9.59 Å². The zero-order valence-corrected chi connectivity index (χ0v) is 16.6. The van der Waals surface area contributed by atoms with E-state index in [1.54, 1.807) is 33.2 Å². The van der Waals surface area contributed by atoms with E-state index >= 15 is 0 Å². The number of nitrogens with zero attached hydrogens (tertiary/aromatic N) is 1. The van der Waals surface area contributed by atoms with Gasteiger partial charge in [-0.25, -0.2) is 4.79 Å². The summed E-state index contributed by atoms with van der Waals surface area (Å²) < 4.78 is 10.3. The van der Waals surface area contributed by atoms with Crippen LogP contribution >= 0.6 is 0 Å². The van der Waals surface area contributed by atoms with Crippen LogP contribution in [0.2, 0.25) is 0 Å². The number of benzene rings is 1. The highest BCUT2D eigenvalue weighted by atomic mass is 16.5. The molecule has 0 atom stereocenters. The van der Waals surface area contributed by atoms with Gasteiger partial charge >= 0.3 is 5.97 Å². The Hall–Kier alpha value is -3.29. The van der Waals surface area contributed by atoms with Crippen LogP contribution in [0.25, 0.3) is 0 Å². The van der Waals surface area contributed by atoms with E-state index in [2.05, 4.69) is 20.9 Å². The van der Waals surface area contributed by atoms with Crippen LogP contribution in [0.5, 0.6) is 0 Å².